The molecular weight excluding hydrogens is 306 g/mol. The number of carbonyl (C=O) groups is 1. The van der Waals surface area contributed by atoms with E-state index in [-0.39, 0.29) is 12.1 Å². The highest BCUT2D eigenvalue weighted by Crippen LogP contribution is 2.34. The van der Waals surface area contributed by atoms with E-state index in [9.17, 15) is 4.79 Å². The summed E-state index contributed by atoms with van der Waals surface area (Å²) in [6, 6.07) is 7.49. The summed E-state index contributed by atoms with van der Waals surface area (Å²) in [6.07, 6.45) is 7.88. The van der Waals surface area contributed by atoms with Crippen LogP contribution in [0.3, 0.4) is 0 Å². The topological polar surface area (TPSA) is 81.1 Å². The maximum atomic E-state index is 12.3. The Morgan fingerprint density at radius 3 is 2.71 bits per heavy atom. The van der Waals surface area contributed by atoms with Crippen molar-refractivity contribution in [2.24, 2.45) is 5.92 Å². The van der Waals surface area contributed by atoms with Crippen LogP contribution in [0.5, 0.6) is 0 Å². The van der Waals surface area contributed by atoms with Crippen molar-refractivity contribution < 1.29 is 9.53 Å². The summed E-state index contributed by atoms with van der Waals surface area (Å²) < 4.78 is 5.75. The summed E-state index contributed by atoms with van der Waals surface area (Å²) in [7, 11) is 0. The van der Waals surface area contributed by atoms with Crippen molar-refractivity contribution in [2.75, 3.05) is 11.9 Å². The molecule has 2 amide bonds. The van der Waals surface area contributed by atoms with Gasteiger partial charge in [-0.1, -0.05) is 0 Å². The van der Waals surface area contributed by atoms with Crippen LogP contribution in [0.25, 0.3) is 5.69 Å². The number of ether oxygens (including phenoxy) is 1. The maximum absolute atomic E-state index is 12.3. The van der Waals surface area contributed by atoms with Crippen molar-refractivity contribution >= 4 is 11.7 Å². The summed E-state index contributed by atoms with van der Waals surface area (Å²) in [5, 5.41) is 14.2. The molecule has 3 unspecified atom stereocenters. The minimum atomic E-state index is -0.155. The third-order valence-electron chi connectivity index (χ3n) is 4.87. The Balaban J connectivity index is 1.36. The molecule has 2 heterocycles. The Labute approximate surface area is 140 Å². The van der Waals surface area contributed by atoms with Crippen LogP contribution in [0.2, 0.25) is 0 Å². The van der Waals surface area contributed by atoms with E-state index >= 15 is 0 Å². The molecule has 4 rings (SSSR count). The van der Waals surface area contributed by atoms with E-state index < -0.39 is 0 Å². The second-order valence-corrected chi connectivity index (χ2v) is 6.36. The number of amides is 2. The van der Waals surface area contributed by atoms with Crippen LogP contribution in [-0.2, 0) is 4.74 Å². The fraction of sp³-hybridized carbons (Fsp3) is 0.471. The molecule has 0 radical (unpaired) electrons. The Kier molecular flexibility index (Phi) is 4.17. The second-order valence-electron chi connectivity index (χ2n) is 6.36. The quantitative estimate of drug-likeness (QED) is 0.907. The minimum Gasteiger partial charge on any atom is -0.378 e. The largest absolute Gasteiger partial charge is 0.378 e. The summed E-state index contributed by atoms with van der Waals surface area (Å²) in [6.45, 7) is 0.818. The number of fused-ring (bicyclic) bond motifs is 1. The van der Waals surface area contributed by atoms with Crippen LogP contribution in [0.15, 0.2) is 36.7 Å². The third-order valence-corrected chi connectivity index (χ3v) is 4.87. The number of aromatic nitrogens is 3. The molecule has 0 bridgehead atoms. The maximum Gasteiger partial charge on any atom is 0.319 e. The van der Waals surface area contributed by atoms with Gasteiger partial charge in [-0.3, -0.25) is 0 Å². The molecule has 1 saturated heterocycles. The van der Waals surface area contributed by atoms with Crippen molar-refractivity contribution in [1.29, 1.82) is 0 Å². The van der Waals surface area contributed by atoms with Crippen LogP contribution in [-0.4, -0.2) is 39.8 Å². The Hall–Kier alpha value is -2.41. The molecule has 3 atom stereocenters. The van der Waals surface area contributed by atoms with Crippen LogP contribution in [0, 0.1) is 5.92 Å². The number of urea groups is 1. The molecular formula is C17H21N5O2. The molecule has 2 aliphatic rings. The molecule has 7 nitrogen and oxygen atoms in total. The molecule has 24 heavy (non-hydrogen) atoms. The first-order valence-corrected chi connectivity index (χ1v) is 8.45. The van der Waals surface area contributed by atoms with Crippen LogP contribution >= 0.6 is 0 Å². The molecule has 126 valence electrons. The van der Waals surface area contributed by atoms with Gasteiger partial charge in [0, 0.05) is 24.3 Å². The number of hydrogen-bond acceptors (Lipinski definition) is 4. The normalized spacial score (nSPS) is 25.9. The SMILES string of the molecule is O=C(Nc1ccc(-n2nccn2)cc1)NC1CCCC2OCCC12. The smallest absolute Gasteiger partial charge is 0.319 e. The number of nitrogens with zero attached hydrogens (tertiary/aromatic N) is 3. The lowest BCUT2D eigenvalue weighted by Gasteiger charge is -2.33. The number of hydrogen-bond donors (Lipinski definition) is 2. The van der Waals surface area contributed by atoms with E-state index in [0.717, 1.165) is 43.7 Å². The highest BCUT2D eigenvalue weighted by atomic mass is 16.5. The van der Waals surface area contributed by atoms with Gasteiger partial charge in [-0.2, -0.15) is 15.0 Å². The zero-order valence-corrected chi connectivity index (χ0v) is 13.4. The Bertz CT molecular complexity index is 686. The lowest BCUT2D eigenvalue weighted by atomic mass is 9.82. The molecule has 7 heteroatoms. The van der Waals surface area contributed by atoms with E-state index in [0.29, 0.717) is 12.0 Å². The minimum absolute atomic E-state index is 0.155. The summed E-state index contributed by atoms with van der Waals surface area (Å²) in [5.41, 5.74) is 1.60. The van der Waals surface area contributed by atoms with Crippen molar-refractivity contribution in [1.82, 2.24) is 20.3 Å². The van der Waals surface area contributed by atoms with E-state index in [1.54, 1.807) is 12.4 Å². The molecule has 1 aromatic carbocycles. The fourth-order valence-electron chi connectivity index (χ4n) is 3.72. The van der Waals surface area contributed by atoms with Gasteiger partial charge in [0.15, 0.2) is 0 Å². The zero-order valence-electron chi connectivity index (χ0n) is 13.4. The lowest BCUT2D eigenvalue weighted by Crippen LogP contribution is -2.47. The number of benzene rings is 1. The number of nitrogens with one attached hydrogen (secondary N) is 2. The van der Waals surface area contributed by atoms with Crippen molar-refractivity contribution in [2.45, 2.75) is 37.8 Å². The second kappa shape index (κ2) is 6.60. The Morgan fingerprint density at radius 2 is 1.92 bits per heavy atom. The number of carbonyl (C=O) groups excluding carboxylic acids is 1. The molecule has 2 N–H and O–H groups in total. The van der Waals surface area contributed by atoms with Crippen LogP contribution < -0.4 is 10.6 Å². The summed E-state index contributed by atoms with van der Waals surface area (Å²) in [5.74, 6) is 0.456. The monoisotopic (exact) mass is 327 g/mol. The molecule has 1 saturated carbocycles. The van der Waals surface area contributed by atoms with Gasteiger partial charge in [-0.15, -0.1) is 0 Å². The Morgan fingerprint density at radius 1 is 1.12 bits per heavy atom. The predicted molar refractivity (Wildman–Crippen MR) is 89.0 cm³/mol. The van der Waals surface area contributed by atoms with Gasteiger partial charge in [0.1, 0.15) is 0 Å². The fourth-order valence-corrected chi connectivity index (χ4v) is 3.72. The molecule has 1 aliphatic carbocycles. The predicted octanol–water partition coefficient (Wildman–Crippen LogP) is 2.35. The number of rotatable bonds is 3. The summed E-state index contributed by atoms with van der Waals surface area (Å²) >= 11 is 0. The van der Waals surface area contributed by atoms with Gasteiger partial charge in [-0.25, -0.2) is 4.79 Å². The molecule has 1 aliphatic heterocycles. The number of anilines is 1. The average Bonchev–Trinajstić information content (AvgIpc) is 3.27. The first-order valence-electron chi connectivity index (χ1n) is 8.45. The third kappa shape index (κ3) is 3.12. The first kappa shape index (κ1) is 15.1. The highest BCUT2D eigenvalue weighted by Gasteiger charge is 2.38. The van der Waals surface area contributed by atoms with Crippen molar-refractivity contribution in [3.63, 3.8) is 0 Å². The van der Waals surface area contributed by atoms with Crippen LogP contribution in [0.1, 0.15) is 25.7 Å². The van der Waals surface area contributed by atoms with Gasteiger partial charge < -0.3 is 15.4 Å². The van der Waals surface area contributed by atoms with Gasteiger partial charge in [0.25, 0.3) is 0 Å². The summed E-state index contributed by atoms with van der Waals surface area (Å²) in [4.78, 5) is 13.8. The van der Waals surface area contributed by atoms with Gasteiger partial charge in [0.2, 0.25) is 0 Å². The molecule has 2 fully saturated rings. The van der Waals surface area contributed by atoms with E-state index in [1.807, 2.05) is 24.3 Å². The first-order chi connectivity index (χ1) is 11.8. The highest BCUT2D eigenvalue weighted by molar-refractivity contribution is 5.89. The average molecular weight is 327 g/mol. The van der Waals surface area contributed by atoms with Gasteiger partial charge in [-0.05, 0) is 49.9 Å². The molecule has 2 aromatic rings. The van der Waals surface area contributed by atoms with Crippen molar-refractivity contribution in [3.05, 3.63) is 36.7 Å². The van der Waals surface area contributed by atoms with Gasteiger partial charge in [0.05, 0.1) is 24.2 Å². The van der Waals surface area contributed by atoms with E-state index in [1.165, 1.54) is 4.80 Å². The molecule has 0 spiro atoms. The standard InChI is InChI=1S/C17H21N5O2/c23-17(21-15-2-1-3-16-14(15)8-11-24-16)20-12-4-6-13(7-5-12)22-18-9-10-19-22/h4-7,9-10,14-16H,1-3,8,11H2,(H2,20,21,23). The van der Waals surface area contributed by atoms with E-state index in [4.69, 9.17) is 4.74 Å². The lowest BCUT2D eigenvalue weighted by molar-refractivity contribution is 0.0553. The van der Waals surface area contributed by atoms with Gasteiger partial charge >= 0.3 is 6.03 Å². The van der Waals surface area contributed by atoms with Crippen molar-refractivity contribution in [3.8, 4) is 5.69 Å². The van der Waals surface area contributed by atoms with Crippen LogP contribution in [0.4, 0.5) is 10.5 Å². The molecule has 1 aromatic heterocycles. The van der Waals surface area contributed by atoms with E-state index in [2.05, 4.69) is 20.8 Å². The zero-order chi connectivity index (χ0) is 16.4.